The maximum absolute atomic E-state index is 13.2. The zero-order chi connectivity index (χ0) is 20.9. The molecule has 5 rings (SSSR count). The van der Waals surface area contributed by atoms with E-state index in [2.05, 4.69) is 20.9 Å². The van der Waals surface area contributed by atoms with Gasteiger partial charge in [-0.25, -0.2) is 4.68 Å². The van der Waals surface area contributed by atoms with Crippen molar-refractivity contribution >= 4 is 37.7 Å². The summed E-state index contributed by atoms with van der Waals surface area (Å²) in [6.07, 6.45) is -2.82. The van der Waals surface area contributed by atoms with Crippen molar-refractivity contribution in [2.75, 3.05) is 0 Å². The van der Waals surface area contributed by atoms with Crippen LogP contribution in [0.4, 0.5) is 13.2 Å². The third kappa shape index (κ3) is 3.15. The fourth-order valence-electron chi connectivity index (χ4n) is 3.54. The molecule has 0 aliphatic rings. The Hall–Kier alpha value is -3.19. The predicted molar refractivity (Wildman–Crippen MR) is 115 cm³/mol. The van der Waals surface area contributed by atoms with E-state index in [-0.39, 0.29) is 5.52 Å². The van der Waals surface area contributed by atoms with Gasteiger partial charge in [-0.15, -0.1) is 0 Å². The van der Waals surface area contributed by atoms with Crippen LogP contribution in [0.1, 0.15) is 5.56 Å². The van der Waals surface area contributed by atoms with Gasteiger partial charge in [0, 0.05) is 27.0 Å². The molecule has 3 aromatic carbocycles. The van der Waals surface area contributed by atoms with Crippen molar-refractivity contribution in [3.63, 3.8) is 0 Å². The van der Waals surface area contributed by atoms with Gasteiger partial charge in [0.15, 0.2) is 0 Å². The molecule has 0 bridgehead atoms. The molecular formula is C23H13BrF3N3. The Balaban J connectivity index is 1.86. The number of nitrogens with zero attached hydrogens (tertiary/aromatic N) is 3. The van der Waals surface area contributed by atoms with Gasteiger partial charge in [0.2, 0.25) is 0 Å². The number of benzene rings is 3. The molecule has 0 amide bonds. The Morgan fingerprint density at radius 3 is 2.27 bits per heavy atom. The number of alkyl halides is 3. The Morgan fingerprint density at radius 2 is 1.57 bits per heavy atom. The minimum absolute atomic E-state index is 0.273. The summed E-state index contributed by atoms with van der Waals surface area (Å²) in [6, 6.07) is 20.9. The fraction of sp³-hybridized carbons (Fsp3) is 0.0435. The second-order valence-corrected chi connectivity index (χ2v) is 7.77. The van der Waals surface area contributed by atoms with Gasteiger partial charge >= 0.3 is 6.18 Å². The lowest BCUT2D eigenvalue weighted by Gasteiger charge is -2.09. The van der Waals surface area contributed by atoms with E-state index in [4.69, 9.17) is 5.10 Å². The SMILES string of the molecule is FC(F)(F)c1ccc2c(c1)ncc1c(-c3ccccc3)nn(-c3ccc(Br)cc3)c12. The quantitative estimate of drug-likeness (QED) is 0.279. The van der Waals surface area contributed by atoms with Crippen LogP contribution in [-0.4, -0.2) is 14.8 Å². The summed E-state index contributed by atoms with van der Waals surface area (Å²) in [7, 11) is 0. The highest BCUT2D eigenvalue weighted by atomic mass is 79.9. The van der Waals surface area contributed by atoms with E-state index >= 15 is 0 Å². The van der Waals surface area contributed by atoms with Crippen LogP contribution in [0, 0.1) is 0 Å². The molecule has 30 heavy (non-hydrogen) atoms. The van der Waals surface area contributed by atoms with Crippen molar-refractivity contribution in [3.8, 4) is 16.9 Å². The molecule has 148 valence electrons. The zero-order valence-electron chi connectivity index (χ0n) is 15.4. The molecule has 0 saturated heterocycles. The van der Waals surface area contributed by atoms with Crippen LogP contribution in [0.2, 0.25) is 0 Å². The number of pyridine rings is 1. The molecule has 0 unspecified atom stereocenters. The lowest BCUT2D eigenvalue weighted by Crippen LogP contribution is -2.04. The summed E-state index contributed by atoms with van der Waals surface area (Å²) in [5.74, 6) is 0. The van der Waals surface area contributed by atoms with Gasteiger partial charge in [-0.2, -0.15) is 18.3 Å². The Bertz CT molecular complexity index is 1370. The van der Waals surface area contributed by atoms with E-state index in [1.165, 1.54) is 6.07 Å². The van der Waals surface area contributed by atoms with Gasteiger partial charge in [-0.3, -0.25) is 4.98 Å². The second-order valence-electron chi connectivity index (χ2n) is 6.85. The third-order valence-corrected chi connectivity index (χ3v) is 5.48. The summed E-state index contributed by atoms with van der Waals surface area (Å²) >= 11 is 3.43. The summed E-state index contributed by atoms with van der Waals surface area (Å²) < 4.78 is 42.3. The third-order valence-electron chi connectivity index (χ3n) is 4.95. The Kier molecular flexibility index (Phi) is 4.36. The van der Waals surface area contributed by atoms with E-state index in [1.807, 2.05) is 54.6 Å². The van der Waals surface area contributed by atoms with Crippen molar-refractivity contribution in [2.45, 2.75) is 6.18 Å². The van der Waals surface area contributed by atoms with E-state index in [0.717, 1.165) is 44.5 Å². The molecule has 0 aliphatic carbocycles. The first kappa shape index (κ1) is 18.8. The van der Waals surface area contributed by atoms with Crippen molar-refractivity contribution in [1.82, 2.24) is 14.8 Å². The molecule has 0 N–H and O–H groups in total. The molecule has 0 spiro atoms. The summed E-state index contributed by atoms with van der Waals surface area (Å²) in [5.41, 5.74) is 2.71. The number of hydrogen-bond acceptors (Lipinski definition) is 2. The van der Waals surface area contributed by atoms with Crippen LogP contribution in [0.3, 0.4) is 0 Å². The van der Waals surface area contributed by atoms with E-state index in [1.54, 1.807) is 10.9 Å². The predicted octanol–water partition coefficient (Wildman–Crippen LogP) is 7.02. The molecule has 2 aromatic heterocycles. The highest BCUT2D eigenvalue weighted by molar-refractivity contribution is 9.10. The van der Waals surface area contributed by atoms with Gasteiger partial charge < -0.3 is 0 Å². The van der Waals surface area contributed by atoms with Crippen molar-refractivity contribution < 1.29 is 13.2 Å². The highest BCUT2D eigenvalue weighted by Crippen LogP contribution is 2.36. The first-order valence-corrected chi connectivity index (χ1v) is 9.91. The molecule has 3 nitrogen and oxygen atoms in total. The molecule has 0 saturated carbocycles. The molecule has 0 aliphatic heterocycles. The standard InChI is InChI=1S/C23H13BrF3N3/c24-16-7-9-17(10-8-16)30-22-18-11-6-15(23(25,26)27)12-20(18)28-13-19(22)21(29-30)14-4-2-1-3-5-14/h1-13H. The first-order valence-electron chi connectivity index (χ1n) is 9.12. The lowest BCUT2D eigenvalue weighted by molar-refractivity contribution is -0.137. The smallest absolute Gasteiger partial charge is 0.255 e. The van der Waals surface area contributed by atoms with E-state index < -0.39 is 11.7 Å². The van der Waals surface area contributed by atoms with Crippen molar-refractivity contribution in [1.29, 1.82) is 0 Å². The number of aromatic nitrogens is 3. The lowest BCUT2D eigenvalue weighted by atomic mass is 10.1. The topological polar surface area (TPSA) is 30.7 Å². The maximum atomic E-state index is 13.2. The van der Waals surface area contributed by atoms with Crippen LogP contribution in [0.5, 0.6) is 0 Å². The molecular weight excluding hydrogens is 455 g/mol. The van der Waals surface area contributed by atoms with Gasteiger partial charge in [0.05, 0.1) is 22.3 Å². The average Bonchev–Trinajstić information content (AvgIpc) is 3.14. The summed E-state index contributed by atoms with van der Waals surface area (Å²) in [4.78, 5) is 4.33. The monoisotopic (exact) mass is 467 g/mol. The number of halogens is 4. The minimum Gasteiger partial charge on any atom is -0.255 e. The van der Waals surface area contributed by atoms with Crippen LogP contribution in [0.15, 0.2) is 83.5 Å². The van der Waals surface area contributed by atoms with Crippen LogP contribution in [0.25, 0.3) is 38.8 Å². The molecule has 0 radical (unpaired) electrons. The first-order chi connectivity index (χ1) is 14.4. The fourth-order valence-corrected chi connectivity index (χ4v) is 3.80. The number of fused-ring (bicyclic) bond motifs is 3. The van der Waals surface area contributed by atoms with E-state index in [0.29, 0.717) is 5.39 Å². The van der Waals surface area contributed by atoms with Crippen LogP contribution in [-0.2, 0) is 6.18 Å². The minimum atomic E-state index is -4.42. The average molecular weight is 468 g/mol. The summed E-state index contributed by atoms with van der Waals surface area (Å²) in [5, 5.41) is 6.20. The Labute approximate surface area is 177 Å². The summed E-state index contributed by atoms with van der Waals surface area (Å²) in [6.45, 7) is 0. The Morgan fingerprint density at radius 1 is 0.833 bits per heavy atom. The number of hydrogen-bond donors (Lipinski definition) is 0. The molecule has 0 fully saturated rings. The normalized spacial score (nSPS) is 12.0. The van der Waals surface area contributed by atoms with Crippen LogP contribution >= 0.6 is 15.9 Å². The maximum Gasteiger partial charge on any atom is 0.416 e. The number of rotatable bonds is 2. The van der Waals surface area contributed by atoms with E-state index in [9.17, 15) is 13.2 Å². The highest BCUT2D eigenvalue weighted by Gasteiger charge is 2.31. The molecule has 0 atom stereocenters. The van der Waals surface area contributed by atoms with Gasteiger partial charge in [-0.1, -0.05) is 52.3 Å². The van der Waals surface area contributed by atoms with Gasteiger partial charge in [-0.05, 0) is 36.4 Å². The molecule has 7 heteroatoms. The largest absolute Gasteiger partial charge is 0.416 e. The molecule has 2 heterocycles. The second kappa shape index (κ2) is 6.95. The van der Waals surface area contributed by atoms with Gasteiger partial charge in [0.1, 0.15) is 5.69 Å². The molecule has 5 aromatic rings. The van der Waals surface area contributed by atoms with Gasteiger partial charge in [0.25, 0.3) is 0 Å². The van der Waals surface area contributed by atoms with Crippen molar-refractivity contribution in [3.05, 3.63) is 89.0 Å². The zero-order valence-corrected chi connectivity index (χ0v) is 16.9. The van der Waals surface area contributed by atoms with Crippen LogP contribution < -0.4 is 0 Å². The van der Waals surface area contributed by atoms with Crippen molar-refractivity contribution in [2.24, 2.45) is 0 Å².